The molecule has 118 valence electrons. The van der Waals surface area contributed by atoms with Crippen molar-refractivity contribution >= 4 is 5.91 Å². The predicted molar refractivity (Wildman–Crippen MR) is 84.5 cm³/mol. The maximum absolute atomic E-state index is 12.8. The fourth-order valence-electron chi connectivity index (χ4n) is 3.28. The van der Waals surface area contributed by atoms with E-state index in [2.05, 4.69) is 37.7 Å². The van der Waals surface area contributed by atoms with E-state index in [1.807, 2.05) is 13.8 Å². The minimum absolute atomic E-state index is 0.119. The van der Waals surface area contributed by atoms with Crippen LogP contribution in [0.4, 0.5) is 0 Å². The highest BCUT2D eigenvalue weighted by Crippen LogP contribution is 2.28. The van der Waals surface area contributed by atoms with Gasteiger partial charge in [-0.15, -0.1) is 0 Å². The molecule has 4 nitrogen and oxygen atoms in total. The molecule has 20 heavy (non-hydrogen) atoms. The van der Waals surface area contributed by atoms with Crippen molar-refractivity contribution < 1.29 is 4.79 Å². The van der Waals surface area contributed by atoms with Crippen molar-refractivity contribution in [2.24, 2.45) is 11.7 Å². The Bertz CT molecular complexity index is 315. The number of hydrogen-bond acceptors (Lipinski definition) is 3. The van der Waals surface area contributed by atoms with Crippen LogP contribution in [0.5, 0.6) is 0 Å². The van der Waals surface area contributed by atoms with E-state index in [0.717, 1.165) is 6.42 Å². The quantitative estimate of drug-likeness (QED) is 0.840. The molecule has 3 atom stereocenters. The number of likely N-dealkylation sites (N-methyl/N-ethyl adjacent to an activating group) is 1. The Balaban J connectivity index is 2.96. The third-order valence-corrected chi connectivity index (χ3v) is 4.53. The van der Waals surface area contributed by atoms with Crippen LogP contribution >= 0.6 is 0 Å². The molecule has 0 radical (unpaired) electrons. The van der Waals surface area contributed by atoms with Crippen LogP contribution in [0.15, 0.2) is 0 Å². The van der Waals surface area contributed by atoms with Gasteiger partial charge in [-0.3, -0.25) is 4.79 Å². The van der Waals surface area contributed by atoms with Crippen LogP contribution in [0, 0.1) is 5.92 Å². The van der Waals surface area contributed by atoms with Crippen molar-refractivity contribution in [3.8, 4) is 0 Å². The summed E-state index contributed by atoms with van der Waals surface area (Å²) in [5.74, 6) is 0.305. The zero-order valence-corrected chi connectivity index (χ0v) is 14.1. The molecule has 0 bridgehead atoms. The lowest BCUT2D eigenvalue weighted by Gasteiger charge is -2.45. The maximum atomic E-state index is 12.8. The molecule has 1 aliphatic carbocycles. The van der Waals surface area contributed by atoms with Crippen LogP contribution < -0.4 is 5.73 Å². The van der Waals surface area contributed by atoms with Gasteiger partial charge in [-0.2, -0.15) is 0 Å². The van der Waals surface area contributed by atoms with Crippen LogP contribution in [0.1, 0.15) is 53.4 Å². The standard InChI is InChI=1S/C16H33N3O/c1-11(2)15(17)16(20)19(12(3)4)14-10-8-7-9-13(14)18(5)6/h11-15H,7-10,17H2,1-6H3/t13-,14-,15-/m0/s1. The molecular formula is C16H33N3O. The Morgan fingerprint density at radius 2 is 1.55 bits per heavy atom. The summed E-state index contributed by atoms with van der Waals surface area (Å²) in [4.78, 5) is 17.1. The van der Waals surface area contributed by atoms with Crippen LogP contribution in [0.3, 0.4) is 0 Å². The lowest BCUT2D eigenvalue weighted by atomic mass is 9.87. The molecule has 0 aliphatic heterocycles. The Hall–Kier alpha value is -0.610. The molecule has 0 spiro atoms. The van der Waals surface area contributed by atoms with Gasteiger partial charge in [-0.1, -0.05) is 26.7 Å². The predicted octanol–water partition coefficient (Wildman–Crippen LogP) is 2.08. The average Bonchev–Trinajstić information content (AvgIpc) is 2.37. The number of amides is 1. The fourth-order valence-corrected chi connectivity index (χ4v) is 3.28. The van der Waals surface area contributed by atoms with Crippen LogP contribution in [-0.2, 0) is 4.79 Å². The number of nitrogens with zero attached hydrogens (tertiary/aromatic N) is 2. The second-order valence-corrected chi connectivity index (χ2v) is 6.99. The van der Waals surface area contributed by atoms with Gasteiger partial charge in [-0.05, 0) is 46.7 Å². The molecule has 0 aromatic carbocycles. The number of hydrogen-bond donors (Lipinski definition) is 1. The number of carbonyl (C=O) groups excluding carboxylic acids is 1. The van der Waals surface area contributed by atoms with E-state index in [1.165, 1.54) is 19.3 Å². The first kappa shape index (κ1) is 17.4. The fraction of sp³-hybridized carbons (Fsp3) is 0.938. The van der Waals surface area contributed by atoms with E-state index in [1.54, 1.807) is 0 Å². The van der Waals surface area contributed by atoms with Gasteiger partial charge in [0.1, 0.15) is 0 Å². The molecule has 0 saturated heterocycles. The first-order chi connectivity index (χ1) is 9.27. The second kappa shape index (κ2) is 7.41. The Kier molecular flexibility index (Phi) is 6.46. The molecule has 1 amide bonds. The molecule has 1 saturated carbocycles. The Labute approximate surface area is 124 Å². The lowest BCUT2D eigenvalue weighted by molar-refractivity contribution is -0.140. The van der Waals surface area contributed by atoms with Crippen LogP contribution in [0.2, 0.25) is 0 Å². The van der Waals surface area contributed by atoms with Gasteiger partial charge >= 0.3 is 0 Å². The largest absolute Gasteiger partial charge is 0.334 e. The molecular weight excluding hydrogens is 250 g/mol. The molecule has 0 aromatic heterocycles. The minimum atomic E-state index is -0.387. The van der Waals surface area contributed by atoms with Gasteiger partial charge in [0.2, 0.25) is 5.91 Å². The van der Waals surface area contributed by atoms with E-state index < -0.39 is 0 Å². The molecule has 4 heteroatoms. The number of rotatable bonds is 5. The SMILES string of the molecule is CC(C)[C@H](N)C(=O)N(C(C)C)[C@H]1CCCC[C@@H]1N(C)C. The summed E-state index contributed by atoms with van der Waals surface area (Å²) >= 11 is 0. The zero-order valence-electron chi connectivity index (χ0n) is 14.1. The van der Waals surface area contributed by atoms with E-state index >= 15 is 0 Å². The van der Waals surface area contributed by atoms with Gasteiger partial charge in [0.05, 0.1) is 6.04 Å². The molecule has 1 rings (SSSR count). The highest BCUT2D eigenvalue weighted by molar-refractivity contribution is 5.82. The van der Waals surface area contributed by atoms with Gasteiger partial charge in [0.15, 0.2) is 0 Å². The van der Waals surface area contributed by atoms with E-state index in [-0.39, 0.29) is 23.9 Å². The second-order valence-electron chi connectivity index (χ2n) is 6.99. The lowest BCUT2D eigenvalue weighted by Crippen LogP contribution is -2.59. The van der Waals surface area contributed by atoms with Gasteiger partial charge in [0, 0.05) is 18.1 Å². The van der Waals surface area contributed by atoms with Crippen molar-refractivity contribution in [1.82, 2.24) is 9.80 Å². The topological polar surface area (TPSA) is 49.6 Å². The molecule has 1 fully saturated rings. The van der Waals surface area contributed by atoms with Gasteiger partial charge in [-0.25, -0.2) is 0 Å². The summed E-state index contributed by atoms with van der Waals surface area (Å²) in [7, 11) is 4.24. The monoisotopic (exact) mass is 283 g/mol. The van der Waals surface area contributed by atoms with Crippen molar-refractivity contribution in [1.29, 1.82) is 0 Å². The summed E-state index contributed by atoms with van der Waals surface area (Å²) in [6, 6.07) is 0.575. The summed E-state index contributed by atoms with van der Waals surface area (Å²) in [5.41, 5.74) is 6.12. The third-order valence-electron chi connectivity index (χ3n) is 4.53. The molecule has 0 unspecified atom stereocenters. The highest BCUT2D eigenvalue weighted by Gasteiger charge is 2.37. The molecule has 2 N–H and O–H groups in total. The normalized spacial score (nSPS) is 25.3. The molecule has 1 aliphatic rings. The summed E-state index contributed by atoms with van der Waals surface area (Å²) in [6.07, 6.45) is 4.74. The van der Waals surface area contributed by atoms with E-state index in [0.29, 0.717) is 12.1 Å². The van der Waals surface area contributed by atoms with Crippen molar-refractivity contribution in [3.63, 3.8) is 0 Å². The Morgan fingerprint density at radius 3 is 1.95 bits per heavy atom. The summed E-state index contributed by atoms with van der Waals surface area (Å²) in [6.45, 7) is 8.25. The van der Waals surface area contributed by atoms with E-state index in [9.17, 15) is 4.79 Å². The highest BCUT2D eigenvalue weighted by atomic mass is 16.2. The van der Waals surface area contributed by atoms with Gasteiger partial charge in [0.25, 0.3) is 0 Å². The molecule has 0 heterocycles. The van der Waals surface area contributed by atoms with Crippen LogP contribution in [0.25, 0.3) is 0 Å². The average molecular weight is 283 g/mol. The van der Waals surface area contributed by atoms with Crippen molar-refractivity contribution in [2.75, 3.05) is 14.1 Å². The van der Waals surface area contributed by atoms with Crippen molar-refractivity contribution in [3.05, 3.63) is 0 Å². The van der Waals surface area contributed by atoms with Crippen molar-refractivity contribution in [2.45, 2.75) is 77.5 Å². The minimum Gasteiger partial charge on any atom is -0.334 e. The maximum Gasteiger partial charge on any atom is 0.240 e. The Morgan fingerprint density at radius 1 is 1.05 bits per heavy atom. The summed E-state index contributed by atoms with van der Waals surface area (Å²) < 4.78 is 0. The number of carbonyl (C=O) groups is 1. The summed E-state index contributed by atoms with van der Waals surface area (Å²) in [5, 5.41) is 0. The zero-order chi connectivity index (χ0) is 15.4. The first-order valence-electron chi connectivity index (χ1n) is 8.01. The first-order valence-corrected chi connectivity index (χ1v) is 8.01. The van der Waals surface area contributed by atoms with Gasteiger partial charge < -0.3 is 15.5 Å². The third kappa shape index (κ3) is 3.95. The van der Waals surface area contributed by atoms with E-state index in [4.69, 9.17) is 5.73 Å². The van der Waals surface area contributed by atoms with Crippen LogP contribution in [-0.4, -0.2) is 54.0 Å². The molecule has 0 aromatic rings. The number of nitrogens with two attached hydrogens (primary N) is 1. The smallest absolute Gasteiger partial charge is 0.240 e.